The number of benzene rings is 1. The number of nitrogen functional groups attached to an aromatic ring is 1. The Morgan fingerprint density at radius 3 is 2.56 bits per heavy atom. The molecule has 0 radical (unpaired) electrons. The normalized spacial score (nSPS) is 10.3. The predicted octanol–water partition coefficient (Wildman–Crippen LogP) is 2.31. The van der Waals surface area contributed by atoms with Gasteiger partial charge in [-0.25, -0.2) is 18.6 Å². The minimum absolute atomic E-state index is 0.00652. The summed E-state index contributed by atoms with van der Waals surface area (Å²) in [6, 6.07) is 6.13. The molecular formula is C12H8F2N2O2. The Morgan fingerprint density at radius 1 is 1.17 bits per heavy atom. The number of nitrogens with zero attached hydrogens (tertiary/aromatic N) is 1. The predicted molar refractivity (Wildman–Crippen MR) is 61.0 cm³/mol. The molecule has 0 fully saturated rings. The minimum Gasteiger partial charge on any atom is -0.476 e. The Labute approximate surface area is 101 Å². The van der Waals surface area contributed by atoms with Crippen molar-refractivity contribution in [3.05, 3.63) is 47.7 Å². The average molecular weight is 250 g/mol. The Hall–Kier alpha value is -2.50. The van der Waals surface area contributed by atoms with Crippen LogP contribution in [0.4, 0.5) is 14.6 Å². The molecule has 92 valence electrons. The van der Waals surface area contributed by atoms with Gasteiger partial charge in [0.2, 0.25) is 0 Å². The second-order valence-electron chi connectivity index (χ2n) is 3.54. The van der Waals surface area contributed by atoms with Gasteiger partial charge in [-0.3, -0.25) is 0 Å². The van der Waals surface area contributed by atoms with E-state index in [1.807, 2.05) is 0 Å². The Kier molecular flexibility index (Phi) is 2.93. The van der Waals surface area contributed by atoms with Crippen LogP contribution in [0.3, 0.4) is 0 Å². The summed E-state index contributed by atoms with van der Waals surface area (Å²) in [5.74, 6) is -3.54. The van der Waals surface area contributed by atoms with Gasteiger partial charge in [0.1, 0.15) is 5.82 Å². The van der Waals surface area contributed by atoms with Crippen molar-refractivity contribution in [2.75, 3.05) is 5.73 Å². The number of carboxylic acid groups (broad SMARTS) is 1. The molecule has 0 bridgehead atoms. The summed E-state index contributed by atoms with van der Waals surface area (Å²) in [6.07, 6.45) is 0. The van der Waals surface area contributed by atoms with E-state index in [9.17, 15) is 13.6 Å². The van der Waals surface area contributed by atoms with Crippen LogP contribution in [0.15, 0.2) is 30.3 Å². The van der Waals surface area contributed by atoms with Crippen LogP contribution in [0.1, 0.15) is 10.5 Å². The zero-order valence-corrected chi connectivity index (χ0v) is 9.02. The number of carboxylic acids is 1. The molecule has 3 N–H and O–H groups in total. The molecule has 0 saturated carbocycles. The van der Waals surface area contributed by atoms with Crippen LogP contribution in [0, 0.1) is 11.6 Å². The Bertz CT molecular complexity index is 629. The van der Waals surface area contributed by atoms with Crippen LogP contribution in [0.25, 0.3) is 11.1 Å². The number of anilines is 1. The van der Waals surface area contributed by atoms with Gasteiger partial charge in [0.15, 0.2) is 17.3 Å². The van der Waals surface area contributed by atoms with Crippen LogP contribution in [-0.2, 0) is 0 Å². The van der Waals surface area contributed by atoms with E-state index < -0.39 is 23.3 Å². The number of hydrogen-bond acceptors (Lipinski definition) is 3. The summed E-state index contributed by atoms with van der Waals surface area (Å²) in [4.78, 5) is 14.6. The van der Waals surface area contributed by atoms with Crippen molar-refractivity contribution in [2.45, 2.75) is 0 Å². The second kappa shape index (κ2) is 4.40. The first kappa shape index (κ1) is 12.0. The van der Waals surface area contributed by atoms with Gasteiger partial charge >= 0.3 is 5.97 Å². The molecular weight excluding hydrogens is 242 g/mol. The number of aromatic nitrogens is 1. The summed E-state index contributed by atoms with van der Waals surface area (Å²) < 4.78 is 26.7. The lowest BCUT2D eigenvalue weighted by molar-refractivity contribution is 0.0691. The molecule has 18 heavy (non-hydrogen) atoms. The minimum atomic E-state index is -1.36. The van der Waals surface area contributed by atoms with Gasteiger partial charge in [-0.05, 0) is 18.2 Å². The third kappa shape index (κ3) is 2.00. The zero-order chi connectivity index (χ0) is 13.3. The van der Waals surface area contributed by atoms with Gasteiger partial charge in [-0.2, -0.15) is 0 Å². The van der Waals surface area contributed by atoms with Crippen molar-refractivity contribution in [1.29, 1.82) is 0 Å². The highest BCUT2D eigenvalue weighted by atomic mass is 19.2. The maximum Gasteiger partial charge on any atom is 0.355 e. The fourth-order valence-corrected chi connectivity index (χ4v) is 1.57. The lowest BCUT2D eigenvalue weighted by atomic mass is 10.0. The lowest BCUT2D eigenvalue weighted by Gasteiger charge is -2.07. The van der Waals surface area contributed by atoms with E-state index in [1.165, 1.54) is 24.3 Å². The fraction of sp³-hybridized carbons (Fsp3) is 0. The van der Waals surface area contributed by atoms with Gasteiger partial charge in [0.25, 0.3) is 0 Å². The van der Waals surface area contributed by atoms with Crippen LogP contribution in [0.5, 0.6) is 0 Å². The maximum absolute atomic E-state index is 13.6. The van der Waals surface area contributed by atoms with Crippen molar-refractivity contribution in [1.82, 2.24) is 4.98 Å². The molecule has 1 aromatic carbocycles. The highest BCUT2D eigenvalue weighted by molar-refractivity contribution is 5.94. The third-order valence-electron chi connectivity index (χ3n) is 2.36. The van der Waals surface area contributed by atoms with Crippen molar-refractivity contribution in [3.8, 4) is 11.1 Å². The molecule has 0 aliphatic rings. The molecule has 0 amide bonds. The van der Waals surface area contributed by atoms with Crippen LogP contribution >= 0.6 is 0 Å². The molecule has 2 aromatic rings. The molecule has 0 aliphatic carbocycles. The molecule has 0 spiro atoms. The number of hydrogen-bond donors (Lipinski definition) is 2. The SMILES string of the molecule is Nc1ccc(-c2cccc(F)c2F)c(C(=O)O)n1. The monoisotopic (exact) mass is 250 g/mol. The highest BCUT2D eigenvalue weighted by Crippen LogP contribution is 2.27. The highest BCUT2D eigenvalue weighted by Gasteiger charge is 2.18. The van der Waals surface area contributed by atoms with E-state index in [-0.39, 0.29) is 16.9 Å². The standard InChI is InChI=1S/C12H8F2N2O2/c13-8-3-1-2-6(10(8)14)7-4-5-9(15)16-11(7)12(17)18/h1-5H,(H2,15,16)(H,17,18). The van der Waals surface area contributed by atoms with E-state index in [0.29, 0.717) is 0 Å². The first-order valence-corrected chi connectivity index (χ1v) is 4.95. The molecule has 4 nitrogen and oxygen atoms in total. The molecule has 0 saturated heterocycles. The quantitative estimate of drug-likeness (QED) is 0.857. The van der Waals surface area contributed by atoms with Gasteiger partial charge in [-0.15, -0.1) is 0 Å². The largest absolute Gasteiger partial charge is 0.476 e. The zero-order valence-electron chi connectivity index (χ0n) is 9.02. The van der Waals surface area contributed by atoms with Gasteiger partial charge in [0, 0.05) is 11.1 Å². The van der Waals surface area contributed by atoms with Gasteiger partial charge in [0.05, 0.1) is 0 Å². The summed E-state index contributed by atoms with van der Waals surface area (Å²) >= 11 is 0. The molecule has 0 unspecified atom stereocenters. The number of carbonyl (C=O) groups is 1. The number of rotatable bonds is 2. The van der Waals surface area contributed by atoms with E-state index in [0.717, 1.165) is 6.07 Å². The topological polar surface area (TPSA) is 76.2 Å². The van der Waals surface area contributed by atoms with Crippen LogP contribution in [0.2, 0.25) is 0 Å². The van der Waals surface area contributed by atoms with Crippen molar-refractivity contribution in [2.24, 2.45) is 0 Å². The van der Waals surface area contributed by atoms with E-state index in [2.05, 4.69) is 4.98 Å². The molecule has 2 rings (SSSR count). The Balaban J connectivity index is 2.71. The van der Waals surface area contributed by atoms with Crippen LogP contribution < -0.4 is 5.73 Å². The molecule has 6 heteroatoms. The number of pyridine rings is 1. The van der Waals surface area contributed by atoms with Gasteiger partial charge < -0.3 is 10.8 Å². The molecule has 1 aromatic heterocycles. The van der Waals surface area contributed by atoms with Crippen molar-refractivity contribution < 1.29 is 18.7 Å². The van der Waals surface area contributed by atoms with E-state index in [4.69, 9.17) is 10.8 Å². The smallest absolute Gasteiger partial charge is 0.355 e. The summed E-state index contributed by atoms with van der Waals surface area (Å²) in [5.41, 5.74) is 4.77. The first-order chi connectivity index (χ1) is 8.50. The summed E-state index contributed by atoms with van der Waals surface area (Å²) in [6.45, 7) is 0. The van der Waals surface area contributed by atoms with E-state index in [1.54, 1.807) is 0 Å². The van der Waals surface area contributed by atoms with Crippen molar-refractivity contribution >= 4 is 11.8 Å². The second-order valence-corrected chi connectivity index (χ2v) is 3.54. The average Bonchev–Trinajstić information content (AvgIpc) is 2.33. The number of halogens is 2. The fourth-order valence-electron chi connectivity index (χ4n) is 1.57. The van der Waals surface area contributed by atoms with Crippen molar-refractivity contribution in [3.63, 3.8) is 0 Å². The molecule has 0 atom stereocenters. The number of aromatic carboxylic acids is 1. The molecule has 1 heterocycles. The first-order valence-electron chi connectivity index (χ1n) is 4.95. The van der Waals surface area contributed by atoms with Gasteiger partial charge in [-0.1, -0.05) is 12.1 Å². The third-order valence-corrected chi connectivity index (χ3v) is 2.36. The van der Waals surface area contributed by atoms with E-state index >= 15 is 0 Å². The summed E-state index contributed by atoms with van der Waals surface area (Å²) in [7, 11) is 0. The molecule has 0 aliphatic heterocycles. The Morgan fingerprint density at radius 2 is 1.89 bits per heavy atom. The van der Waals surface area contributed by atoms with Crippen LogP contribution in [-0.4, -0.2) is 16.1 Å². The summed E-state index contributed by atoms with van der Waals surface area (Å²) in [5, 5.41) is 8.98. The lowest BCUT2D eigenvalue weighted by Crippen LogP contribution is -2.06. The number of nitrogens with two attached hydrogens (primary N) is 1. The maximum atomic E-state index is 13.6.